The highest BCUT2D eigenvalue weighted by atomic mass is 16.3. The van der Waals surface area contributed by atoms with E-state index in [-0.39, 0.29) is 6.10 Å². The molecule has 2 heterocycles. The molecule has 1 saturated heterocycles. The van der Waals surface area contributed by atoms with Crippen LogP contribution in [0.4, 0.5) is 0 Å². The van der Waals surface area contributed by atoms with Gasteiger partial charge in [0.25, 0.3) is 0 Å². The average molecular weight is 281 g/mol. The lowest BCUT2D eigenvalue weighted by Gasteiger charge is -2.34. The molecular formula is C14H27N5O. The second-order valence-corrected chi connectivity index (χ2v) is 6.09. The molecule has 1 N–H and O–H groups in total. The van der Waals surface area contributed by atoms with E-state index in [2.05, 4.69) is 26.9 Å². The van der Waals surface area contributed by atoms with Crippen LogP contribution in [0.5, 0.6) is 0 Å². The van der Waals surface area contributed by atoms with Crippen LogP contribution in [0.3, 0.4) is 0 Å². The number of nitrogens with zero attached hydrogens (tertiary/aromatic N) is 5. The molecule has 20 heavy (non-hydrogen) atoms. The van der Waals surface area contributed by atoms with Crippen molar-refractivity contribution < 1.29 is 5.11 Å². The van der Waals surface area contributed by atoms with Crippen LogP contribution < -0.4 is 0 Å². The molecule has 2 rings (SSSR count). The van der Waals surface area contributed by atoms with Gasteiger partial charge in [-0.2, -0.15) is 5.10 Å². The number of aliphatic hydroxyl groups is 1. The molecule has 0 bridgehead atoms. The SMILES string of the molecule is CC(O)CN1CCC(CN(C)Cc2ncnn2C)CC1. The minimum absolute atomic E-state index is 0.217. The van der Waals surface area contributed by atoms with Crippen molar-refractivity contribution in [2.45, 2.75) is 32.4 Å². The van der Waals surface area contributed by atoms with E-state index in [0.717, 1.165) is 44.5 Å². The van der Waals surface area contributed by atoms with Gasteiger partial charge in [0, 0.05) is 20.1 Å². The number of aryl methyl sites for hydroxylation is 1. The molecule has 0 radical (unpaired) electrons. The van der Waals surface area contributed by atoms with Gasteiger partial charge >= 0.3 is 0 Å². The smallest absolute Gasteiger partial charge is 0.140 e. The van der Waals surface area contributed by atoms with Crippen LogP contribution in [0.1, 0.15) is 25.6 Å². The Morgan fingerprint density at radius 2 is 2.15 bits per heavy atom. The number of likely N-dealkylation sites (tertiary alicyclic amines) is 1. The Balaban J connectivity index is 1.71. The first-order valence-corrected chi connectivity index (χ1v) is 7.46. The van der Waals surface area contributed by atoms with E-state index >= 15 is 0 Å². The van der Waals surface area contributed by atoms with Gasteiger partial charge in [0.1, 0.15) is 12.2 Å². The van der Waals surface area contributed by atoms with Crippen molar-refractivity contribution in [2.75, 3.05) is 33.2 Å². The summed E-state index contributed by atoms with van der Waals surface area (Å²) in [6, 6.07) is 0. The molecular weight excluding hydrogens is 254 g/mol. The second kappa shape index (κ2) is 7.15. The standard InChI is InChI=1S/C14H27N5O/c1-12(20)8-19-6-4-13(5-7-19)9-17(2)10-14-15-11-16-18(14)3/h11-13,20H,4-10H2,1-3H3. The highest BCUT2D eigenvalue weighted by Crippen LogP contribution is 2.18. The first-order valence-electron chi connectivity index (χ1n) is 7.46. The first kappa shape index (κ1) is 15.4. The Morgan fingerprint density at radius 3 is 2.70 bits per heavy atom. The maximum Gasteiger partial charge on any atom is 0.140 e. The minimum Gasteiger partial charge on any atom is -0.392 e. The third kappa shape index (κ3) is 4.54. The van der Waals surface area contributed by atoms with E-state index in [1.54, 1.807) is 6.33 Å². The Bertz CT molecular complexity index is 398. The summed E-state index contributed by atoms with van der Waals surface area (Å²) in [5.41, 5.74) is 0. The van der Waals surface area contributed by atoms with Crippen molar-refractivity contribution in [3.63, 3.8) is 0 Å². The molecule has 1 unspecified atom stereocenters. The summed E-state index contributed by atoms with van der Waals surface area (Å²) >= 11 is 0. The molecule has 114 valence electrons. The quantitative estimate of drug-likeness (QED) is 0.815. The van der Waals surface area contributed by atoms with E-state index in [4.69, 9.17) is 0 Å². The molecule has 0 aliphatic carbocycles. The molecule has 0 aromatic carbocycles. The lowest BCUT2D eigenvalue weighted by molar-refractivity contribution is 0.0916. The van der Waals surface area contributed by atoms with Gasteiger partial charge in [-0.3, -0.25) is 9.58 Å². The number of piperidine rings is 1. The summed E-state index contributed by atoms with van der Waals surface area (Å²) < 4.78 is 1.84. The van der Waals surface area contributed by atoms with Crippen molar-refractivity contribution in [2.24, 2.45) is 13.0 Å². The van der Waals surface area contributed by atoms with Crippen LogP contribution in [0.2, 0.25) is 0 Å². The molecule has 1 aromatic heterocycles. The zero-order chi connectivity index (χ0) is 14.5. The molecule has 0 saturated carbocycles. The van der Waals surface area contributed by atoms with Crippen LogP contribution in [0.15, 0.2) is 6.33 Å². The van der Waals surface area contributed by atoms with Crippen LogP contribution >= 0.6 is 0 Å². The molecule has 6 heteroatoms. The third-order valence-electron chi connectivity index (χ3n) is 4.02. The predicted molar refractivity (Wildman–Crippen MR) is 78.2 cm³/mol. The van der Waals surface area contributed by atoms with E-state index in [1.807, 2.05) is 18.7 Å². The maximum absolute atomic E-state index is 9.42. The summed E-state index contributed by atoms with van der Waals surface area (Å²) in [5, 5.41) is 13.5. The van der Waals surface area contributed by atoms with Crippen molar-refractivity contribution in [1.82, 2.24) is 24.6 Å². The molecule has 1 fully saturated rings. The molecule has 0 spiro atoms. The fourth-order valence-corrected chi connectivity index (χ4v) is 2.94. The van der Waals surface area contributed by atoms with Gasteiger partial charge in [-0.25, -0.2) is 4.98 Å². The van der Waals surface area contributed by atoms with Gasteiger partial charge in [-0.1, -0.05) is 0 Å². The minimum atomic E-state index is -0.217. The summed E-state index contributed by atoms with van der Waals surface area (Å²) in [5.74, 6) is 1.76. The first-order chi connectivity index (χ1) is 9.54. The summed E-state index contributed by atoms with van der Waals surface area (Å²) in [6.07, 6.45) is 3.83. The number of β-amino-alcohol motifs (C(OH)–C–C–N with tert-alkyl or cyclic N) is 1. The highest BCUT2D eigenvalue weighted by molar-refractivity contribution is 4.84. The fraction of sp³-hybridized carbons (Fsp3) is 0.857. The summed E-state index contributed by atoms with van der Waals surface area (Å²) in [7, 11) is 4.08. The van der Waals surface area contributed by atoms with Crippen molar-refractivity contribution in [3.05, 3.63) is 12.2 Å². The van der Waals surface area contributed by atoms with Crippen LogP contribution in [-0.2, 0) is 13.6 Å². The van der Waals surface area contributed by atoms with E-state index in [1.165, 1.54) is 12.8 Å². The second-order valence-electron chi connectivity index (χ2n) is 6.09. The Labute approximate surface area is 121 Å². The predicted octanol–water partition coefficient (Wildman–Crippen LogP) is 0.340. The highest BCUT2D eigenvalue weighted by Gasteiger charge is 2.21. The lowest BCUT2D eigenvalue weighted by Crippen LogP contribution is -2.40. The monoisotopic (exact) mass is 281 g/mol. The molecule has 1 aliphatic heterocycles. The third-order valence-corrected chi connectivity index (χ3v) is 4.02. The largest absolute Gasteiger partial charge is 0.392 e. The topological polar surface area (TPSA) is 57.4 Å². The molecule has 6 nitrogen and oxygen atoms in total. The fourth-order valence-electron chi connectivity index (χ4n) is 2.94. The Morgan fingerprint density at radius 1 is 1.45 bits per heavy atom. The van der Waals surface area contributed by atoms with E-state index in [9.17, 15) is 5.11 Å². The average Bonchev–Trinajstić information content (AvgIpc) is 2.77. The van der Waals surface area contributed by atoms with Crippen molar-refractivity contribution >= 4 is 0 Å². The number of hydrogen-bond acceptors (Lipinski definition) is 5. The summed E-state index contributed by atoms with van der Waals surface area (Å²) in [4.78, 5) is 8.97. The number of aromatic nitrogens is 3. The van der Waals surface area contributed by atoms with Crippen LogP contribution in [0, 0.1) is 5.92 Å². The van der Waals surface area contributed by atoms with Crippen molar-refractivity contribution in [3.8, 4) is 0 Å². The maximum atomic E-state index is 9.42. The van der Waals surface area contributed by atoms with Crippen LogP contribution in [0.25, 0.3) is 0 Å². The van der Waals surface area contributed by atoms with Gasteiger partial charge in [0.15, 0.2) is 0 Å². The lowest BCUT2D eigenvalue weighted by atomic mass is 9.96. The van der Waals surface area contributed by atoms with Gasteiger partial charge in [-0.15, -0.1) is 0 Å². The Kier molecular flexibility index (Phi) is 5.51. The Hall–Kier alpha value is -0.980. The van der Waals surface area contributed by atoms with Gasteiger partial charge in [0.2, 0.25) is 0 Å². The molecule has 0 amide bonds. The van der Waals surface area contributed by atoms with E-state index < -0.39 is 0 Å². The molecule has 1 aromatic rings. The van der Waals surface area contributed by atoms with Gasteiger partial charge < -0.3 is 10.0 Å². The van der Waals surface area contributed by atoms with Crippen LogP contribution in [-0.4, -0.2) is 69.0 Å². The van der Waals surface area contributed by atoms with E-state index in [0.29, 0.717) is 0 Å². The molecule has 1 atom stereocenters. The molecule has 1 aliphatic rings. The summed E-state index contributed by atoms with van der Waals surface area (Å²) in [6.45, 7) is 6.84. The number of aliphatic hydroxyl groups excluding tert-OH is 1. The number of rotatable bonds is 6. The van der Waals surface area contributed by atoms with Gasteiger partial charge in [-0.05, 0) is 45.8 Å². The zero-order valence-corrected chi connectivity index (χ0v) is 12.9. The number of hydrogen-bond donors (Lipinski definition) is 1. The zero-order valence-electron chi connectivity index (χ0n) is 12.9. The van der Waals surface area contributed by atoms with Gasteiger partial charge in [0.05, 0.1) is 12.6 Å². The van der Waals surface area contributed by atoms with Crippen molar-refractivity contribution in [1.29, 1.82) is 0 Å². The normalized spacial score (nSPS) is 19.6.